The van der Waals surface area contributed by atoms with Crippen LogP contribution in [-0.4, -0.2) is 22.9 Å². The molecule has 2 aromatic carbocycles. The Bertz CT molecular complexity index is 782. The van der Waals surface area contributed by atoms with Crippen LogP contribution in [-0.2, 0) is 6.54 Å². The maximum Gasteiger partial charge on any atom is 0.127 e. The topological polar surface area (TPSA) is 36.4 Å². The summed E-state index contributed by atoms with van der Waals surface area (Å²) in [5.41, 5.74) is 3.33. The number of halogens is 1. The molecule has 1 atom stereocenters. The van der Waals surface area contributed by atoms with Crippen LogP contribution in [0.25, 0.3) is 0 Å². The first-order valence-electron chi connectivity index (χ1n) is 8.77. The molecule has 0 bridgehead atoms. The van der Waals surface area contributed by atoms with Gasteiger partial charge in [0.25, 0.3) is 0 Å². The Balaban J connectivity index is 1.67. The molecule has 25 heavy (non-hydrogen) atoms. The van der Waals surface area contributed by atoms with Gasteiger partial charge in [-0.25, -0.2) is 0 Å². The maximum atomic E-state index is 6.12. The monoisotopic (exact) mass is 371 g/mol. The smallest absolute Gasteiger partial charge is 0.127 e. The lowest BCUT2D eigenvalue weighted by Gasteiger charge is -2.41. The summed E-state index contributed by atoms with van der Waals surface area (Å²) in [5, 5.41) is 8.20. The first-order valence-corrected chi connectivity index (χ1v) is 10.3. The van der Waals surface area contributed by atoms with E-state index in [1.165, 1.54) is 17.9 Å². The largest absolute Gasteiger partial charge is 0.371 e. The zero-order valence-corrected chi connectivity index (χ0v) is 15.7. The molecule has 0 aromatic heterocycles. The lowest BCUT2D eigenvalue weighted by atomic mass is 9.86. The molecule has 1 unspecified atom stereocenters. The van der Waals surface area contributed by atoms with Crippen LogP contribution in [0.15, 0.2) is 53.5 Å². The number of nitrogens with zero attached hydrogens (tertiary/aromatic N) is 1. The summed E-state index contributed by atoms with van der Waals surface area (Å²) in [6, 6.07) is 16.4. The van der Waals surface area contributed by atoms with Crippen molar-refractivity contribution in [1.82, 2.24) is 0 Å². The maximum absolute atomic E-state index is 6.12. The highest BCUT2D eigenvalue weighted by molar-refractivity contribution is 7.99. The van der Waals surface area contributed by atoms with E-state index in [1.807, 2.05) is 30.0 Å². The van der Waals surface area contributed by atoms with Crippen molar-refractivity contribution in [3.05, 3.63) is 59.1 Å². The van der Waals surface area contributed by atoms with Crippen molar-refractivity contribution < 1.29 is 0 Å². The molecule has 2 aliphatic rings. The Hall–Kier alpha value is -1.65. The van der Waals surface area contributed by atoms with Gasteiger partial charge in [-0.1, -0.05) is 35.9 Å². The summed E-state index contributed by atoms with van der Waals surface area (Å²) < 4.78 is 0. The second-order valence-electron chi connectivity index (χ2n) is 6.64. The van der Waals surface area contributed by atoms with Gasteiger partial charge in [-0.15, -0.1) is 0 Å². The number of hydrogen-bond acceptors (Lipinski definition) is 3. The van der Waals surface area contributed by atoms with Gasteiger partial charge in [0.05, 0.1) is 23.5 Å². The average Bonchev–Trinajstić information content (AvgIpc) is 2.86. The predicted molar refractivity (Wildman–Crippen MR) is 110 cm³/mol. The minimum Gasteiger partial charge on any atom is -0.371 e. The van der Waals surface area contributed by atoms with Crippen LogP contribution in [0.2, 0.25) is 5.02 Å². The SMILES string of the molecule is Clc1cccc(CN=C2Nc3ccccc3NC23CCCSCC3)c1. The quantitative estimate of drug-likeness (QED) is 0.738. The molecule has 2 aliphatic heterocycles. The minimum absolute atomic E-state index is 0.0869. The molecule has 1 spiro atoms. The van der Waals surface area contributed by atoms with Crippen molar-refractivity contribution in [3.63, 3.8) is 0 Å². The lowest BCUT2D eigenvalue weighted by Crippen LogP contribution is -2.52. The Labute approximate surface area is 158 Å². The number of rotatable bonds is 2. The number of nitrogens with one attached hydrogen (secondary N) is 2. The van der Waals surface area contributed by atoms with Gasteiger partial charge in [0.15, 0.2) is 0 Å². The summed E-state index contributed by atoms with van der Waals surface area (Å²) in [6.45, 7) is 0.641. The molecule has 130 valence electrons. The molecule has 2 heterocycles. The van der Waals surface area contributed by atoms with Gasteiger partial charge < -0.3 is 10.6 Å². The average molecular weight is 372 g/mol. The van der Waals surface area contributed by atoms with E-state index < -0.39 is 0 Å². The fourth-order valence-electron chi connectivity index (χ4n) is 3.57. The highest BCUT2D eigenvalue weighted by Gasteiger charge is 2.40. The van der Waals surface area contributed by atoms with Crippen LogP contribution in [0, 0.1) is 0 Å². The molecule has 0 radical (unpaired) electrons. The number of para-hydroxylation sites is 2. The van der Waals surface area contributed by atoms with Gasteiger partial charge in [-0.3, -0.25) is 4.99 Å². The van der Waals surface area contributed by atoms with E-state index >= 15 is 0 Å². The predicted octanol–water partition coefficient (Wildman–Crippen LogP) is 5.43. The Kier molecular flexibility index (Phi) is 4.91. The molecular formula is C20H22ClN3S. The van der Waals surface area contributed by atoms with E-state index in [0.29, 0.717) is 6.54 Å². The van der Waals surface area contributed by atoms with Crippen LogP contribution in [0.5, 0.6) is 0 Å². The van der Waals surface area contributed by atoms with Crippen molar-refractivity contribution in [3.8, 4) is 0 Å². The summed E-state index contributed by atoms with van der Waals surface area (Å²) in [6.07, 6.45) is 3.40. The van der Waals surface area contributed by atoms with Crippen molar-refractivity contribution >= 4 is 40.6 Å². The van der Waals surface area contributed by atoms with Crippen molar-refractivity contribution in [2.24, 2.45) is 4.99 Å². The second kappa shape index (κ2) is 7.30. The van der Waals surface area contributed by atoms with Crippen molar-refractivity contribution in [2.45, 2.75) is 31.3 Å². The number of benzene rings is 2. The molecule has 2 N–H and O–H groups in total. The fourth-order valence-corrected chi connectivity index (χ4v) is 4.83. The third kappa shape index (κ3) is 3.65. The summed E-state index contributed by atoms with van der Waals surface area (Å²) in [7, 11) is 0. The van der Waals surface area contributed by atoms with Gasteiger partial charge in [0.1, 0.15) is 5.84 Å². The number of hydrogen-bond donors (Lipinski definition) is 2. The Morgan fingerprint density at radius 2 is 1.92 bits per heavy atom. The summed E-state index contributed by atoms with van der Waals surface area (Å²) >= 11 is 8.16. The molecule has 2 aromatic rings. The number of fused-ring (bicyclic) bond motifs is 1. The van der Waals surface area contributed by atoms with E-state index in [-0.39, 0.29) is 5.54 Å². The Morgan fingerprint density at radius 3 is 2.80 bits per heavy atom. The second-order valence-corrected chi connectivity index (χ2v) is 8.30. The first kappa shape index (κ1) is 16.8. The molecule has 1 saturated heterocycles. The van der Waals surface area contributed by atoms with Gasteiger partial charge >= 0.3 is 0 Å². The molecule has 0 aliphatic carbocycles. The zero-order valence-electron chi connectivity index (χ0n) is 14.1. The van der Waals surface area contributed by atoms with Gasteiger partial charge in [0, 0.05) is 5.02 Å². The summed E-state index contributed by atoms with van der Waals surface area (Å²) in [5.74, 6) is 3.45. The van der Waals surface area contributed by atoms with Crippen LogP contribution in [0.1, 0.15) is 24.8 Å². The molecule has 0 saturated carbocycles. The van der Waals surface area contributed by atoms with E-state index in [4.69, 9.17) is 16.6 Å². The normalized spacial score (nSPS) is 24.3. The van der Waals surface area contributed by atoms with E-state index in [2.05, 4.69) is 41.0 Å². The Morgan fingerprint density at radius 1 is 1.04 bits per heavy atom. The van der Waals surface area contributed by atoms with E-state index in [0.717, 1.165) is 40.7 Å². The van der Waals surface area contributed by atoms with E-state index in [1.54, 1.807) is 0 Å². The number of aliphatic imine (C=N–C) groups is 1. The van der Waals surface area contributed by atoms with Crippen LogP contribution in [0.4, 0.5) is 11.4 Å². The zero-order chi connectivity index (χ0) is 17.1. The lowest BCUT2D eigenvalue weighted by molar-refractivity contribution is 0.542. The molecule has 5 heteroatoms. The van der Waals surface area contributed by atoms with Crippen molar-refractivity contribution in [2.75, 3.05) is 22.1 Å². The van der Waals surface area contributed by atoms with Crippen LogP contribution < -0.4 is 10.6 Å². The number of amidine groups is 1. The molecular weight excluding hydrogens is 350 g/mol. The van der Waals surface area contributed by atoms with Crippen LogP contribution in [0.3, 0.4) is 0 Å². The fraction of sp³-hybridized carbons (Fsp3) is 0.350. The minimum atomic E-state index is -0.0869. The third-order valence-electron chi connectivity index (χ3n) is 4.88. The standard InChI is InChI=1S/C20H22ClN3S/c21-16-6-3-5-15(13-16)14-22-19-20(9-4-11-25-12-10-20)24-18-8-2-1-7-17(18)23-19/h1-3,5-8,13,24H,4,9-12,14H2,(H,22,23). The van der Waals surface area contributed by atoms with Crippen molar-refractivity contribution in [1.29, 1.82) is 0 Å². The summed E-state index contributed by atoms with van der Waals surface area (Å²) in [4.78, 5) is 4.99. The van der Waals surface area contributed by atoms with Gasteiger partial charge in [-0.05, 0) is 60.6 Å². The van der Waals surface area contributed by atoms with Crippen LogP contribution >= 0.6 is 23.4 Å². The highest BCUT2D eigenvalue weighted by atomic mass is 35.5. The van der Waals surface area contributed by atoms with Gasteiger partial charge in [-0.2, -0.15) is 11.8 Å². The molecule has 3 nitrogen and oxygen atoms in total. The third-order valence-corrected chi connectivity index (χ3v) is 6.19. The number of thioether (sulfide) groups is 1. The first-order chi connectivity index (χ1) is 12.3. The highest BCUT2D eigenvalue weighted by Crippen LogP contribution is 2.38. The molecule has 0 amide bonds. The van der Waals surface area contributed by atoms with Gasteiger partial charge in [0.2, 0.25) is 0 Å². The number of anilines is 2. The molecule has 1 fully saturated rings. The van der Waals surface area contributed by atoms with E-state index in [9.17, 15) is 0 Å². The molecule has 4 rings (SSSR count).